The van der Waals surface area contributed by atoms with Crippen LogP contribution in [0, 0.1) is 0 Å². The maximum absolute atomic E-state index is 9.51. The Morgan fingerprint density at radius 2 is 1.67 bits per heavy atom. The zero-order valence-electron chi connectivity index (χ0n) is 11.4. The third kappa shape index (κ3) is 4.20. The molecular formula is C14H19BN2O. The quantitative estimate of drug-likeness (QED) is 0.568. The molecule has 0 unspecified atom stereocenters. The Hall–Kier alpha value is -1.84. The van der Waals surface area contributed by atoms with Crippen molar-refractivity contribution in [3.63, 3.8) is 0 Å². The summed E-state index contributed by atoms with van der Waals surface area (Å²) in [6.07, 6.45) is 0. The molecule has 0 fully saturated rings. The first kappa shape index (κ1) is 16.2. The highest BCUT2D eigenvalue weighted by atomic mass is 16.3. The largest absolute Gasteiger partial charge is 0.507 e. The molecule has 2 radical (unpaired) electrons. The molecular weight excluding hydrogens is 223 g/mol. The molecule has 18 heavy (non-hydrogen) atoms. The van der Waals surface area contributed by atoms with Gasteiger partial charge in [0, 0.05) is 5.39 Å². The van der Waals surface area contributed by atoms with Gasteiger partial charge in [-0.2, -0.15) is 5.11 Å². The molecule has 0 heterocycles. The molecule has 2 aromatic carbocycles. The second-order valence-electron chi connectivity index (χ2n) is 2.90. The van der Waals surface area contributed by atoms with Crippen LogP contribution in [0.15, 0.2) is 46.5 Å². The lowest BCUT2D eigenvalue weighted by atomic mass is 10.1. The Labute approximate surface area is 110 Å². The van der Waals surface area contributed by atoms with Gasteiger partial charge in [0.05, 0.1) is 5.69 Å². The molecule has 0 bridgehead atoms. The van der Waals surface area contributed by atoms with Crippen LogP contribution in [0.2, 0.25) is 0 Å². The zero-order valence-corrected chi connectivity index (χ0v) is 11.4. The lowest BCUT2D eigenvalue weighted by Gasteiger charge is -2.00. The first-order valence-electron chi connectivity index (χ1n) is 6.14. The minimum atomic E-state index is 0.263. The Kier molecular flexibility index (Phi) is 8.28. The molecule has 0 atom stereocenters. The Morgan fingerprint density at radius 1 is 1.00 bits per heavy atom. The maximum atomic E-state index is 9.51. The molecule has 4 heteroatoms. The second kappa shape index (κ2) is 9.22. The summed E-state index contributed by atoms with van der Waals surface area (Å²) < 4.78 is 0. The Morgan fingerprint density at radius 3 is 2.28 bits per heavy atom. The first-order valence-corrected chi connectivity index (χ1v) is 6.14. The molecule has 1 N–H and O–H groups in total. The van der Waals surface area contributed by atoms with E-state index in [1.54, 1.807) is 24.3 Å². The third-order valence-electron chi connectivity index (χ3n) is 2.01. The fraction of sp³-hybridized carbons (Fsp3) is 0.286. The van der Waals surface area contributed by atoms with E-state index in [0.717, 1.165) is 10.8 Å². The lowest BCUT2D eigenvalue weighted by Crippen LogP contribution is -1.73. The summed E-state index contributed by atoms with van der Waals surface area (Å²) in [5.74, 6) is 0.263. The van der Waals surface area contributed by atoms with Crippen LogP contribution in [0.25, 0.3) is 10.8 Å². The van der Waals surface area contributed by atoms with Crippen molar-refractivity contribution in [2.24, 2.45) is 10.1 Å². The number of phenols is 1. The minimum absolute atomic E-state index is 0.263. The number of rotatable bonds is 1. The number of hydrogen-bond donors (Lipinski definition) is 1. The van der Waals surface area contributed by atoms with Crippen molar-refractivity contribution in [3.8, 4) is 5.75 Å². The van der Waals surface area contributed by atoms with Crippen molar-refractivity contribution in [1.82, 2.24) is 0 Å². The molecule has 94 valence electrons. The van der Waals surface area contributed by atoms with Gasteiger partial charge in [0.25, 0.3) is 7.98 Å². The van der Waals surface area contributed by atoms with E-state index in [4.69, 9.17) is 7.98 Å². The van der Waals surface area contributed by atoms with Crippen LogP contribution in [-0.2, 0) is 0 Å². The predicted molar refractivity (Wildman–Crippen MR) is 78.6 cm³/mol. The summed E-state index contributed by atoms with van der Waals surface area (Å²) >= 11 is 0. The molecule has 0 spiro atoms. The van der Waals surface area contributed by atoms with Gasteiger partial charge in [-0.1, -0.05) is 39.8 Å². The maximum Gasteiger partial charge on any atom is 0.293 e. The predicted octanol–water partition coefficient (Wildman–Crippen LogP) is 4.77. The minimum Gasteiger partial charge on any atom is -0.507 e. The van der Waals surface area contributed by atoms with Gasteiger partial charge in [0.2, 0.25) is 0 Å². The number of benzene rings is 2. The average molecular weight is 242 g/mol. The van der Waals surface area contributed by atoms with Gasteiger partial charge < -0.3 is 5.11 Å². The molecule has 0 aliphatic rings. The lowest BCUT2D eigenvalue weighted by molar-refractivity contribution is 0.481. The molecule has 2 aromatic rings. The summed E-state index contributed by atoms with van der Waals surface area (Å²) in [5.41, 5.74) is 0.672. The molecule has 0 saturated heterocycles. The average Bonchev–Trinajstić information content (AvgIpc) is 2.44. The van der Waals surface area contributed by atoms with Crippen LogP contribution in [0.1, 0.15) is 27.7 Å². The van der Waals surface area contributed by atoms with Gasteiger partial charge in [-0.3, -0.25) is 5.03 Å². The standard InChI is InChI=1S/C10H7BN2O.2C2H6/c11-13-12-8-4-5-9-7(6-8)2-1-3-10(9)14;2*1-2/h1-6,14H;2*1-2H3. The Bertz CT molecular complexity index is 498. The third-order valence-corrected chi connectivity index (χ3v) is 2.01. The molecule has 0 saturated carbocycles. The monoisotopic (exact) mass is 242 g/mol. The van der Waals surface area contributed by atoms with Crippen LogP contribution in [0.5, 0.6) is 5.75 Å². The fourth-order valence-electron chi connectivity index (χ4n) is 1.38. The normalized spacial score (nSPS) is 9.33. The highest BCUT2D eigenvalue weighted by molar-refractivity contribution is 6.05. The van der Waals surface area contributed by atoms with Crippen LogP contribution < -0.4 is 0 Å². The molecule has 2 rings (SSSR count). The van der Waals surface area contributed by atoms with E-state index >= 15 is 0 Å². The van der Waals surface area contributed by atoms with Gasteiger partial charge in [-0.15, -0.1) is 0 Å². The summed E-state index contributed by atoms with van der Waals surface area (Å²) in [7, 11) is 4.94. The number of nitrogens with zero attached hydrogens (tertiary/aromatic N) is 2. The van der Waals surface area contributed by atoms with Crippen molar-refractivity contribution in [2.75, 3.05) is 0 Å². The molecule has 0 amide bonds. The van der Waals surface area contributed by atoms with Crippen molar-refractivity contribution in [2.45, 2.75) is 27.7 Å². The van der Waals surface area contributed by atoms with Crippen molar-refractivity contribution >= 4 is 24.4 Å². The number of aromatic hydroxyl groups is 1. The fourth-order valence-corrected chi connectivity index (χ4v) is 1.38. The highest BCUT2D eigenvalue weighted by Crippen LogP contribution is 2.27. The zero-order chi connectivity index (χ0) is 14.0. The van der Waals surface area contributed by atoms with Gasteiger partial charge >= 0.3 is 0 Å². The van der Waals surface area contributed by atoms with E-state index in [1.165, 1.54) is 0 Å². The summed E-state index contributed by atoms with van der Waals surface area (Å²) in [5, 5.41) is 18.1. The van der Waals surface area contributed by atoms with E-state index in [-0.39, 0.29) is 5.75 Å². The van der Waals surface area contributed by atoms with E-state index in [9.17, 15) is 5.11 Å². The smallest absolute Gasteiger partial charge is 0.293 e. The second-order valence-corrected chi connectivity index (χ2v) is 2.90. The van der Waals surface area contributed by atoms with Crippen LogP contribution in [-0.4, -0.2) is 13.1 Å². The SMILES string of the molecule is CC.CC.[B]N=Nc1ccc2c(O)cccc2c1. The van der Waals surface area contributed by atoms with Crippen LogP contribution >= 0.6 is 0 Å². The van der Waals surface area contributed by atoms with E-state index < -0.39 is 0 Å². The highest BCUT2D eigenvalue weighted by Gasteiger charge is 1.98. The van der Waals surface area contributed by atoms with Crippen LogP contribution in [0.4, 0.5) is 5.69 Å². The van der Waals surface area contributed by atoms with Crippen molar-refractivity contribution in [3.05, 3.63) is 36.4 Å². The molecule has 3 nitrogen and oxygen atoms in total. The van der Waals surface area contributed by atoms with E-state index in [0.29, 0.717) is 5.69 Å². The van der Waals surface area contributed by atoms with Gasteiger partial charge in [0.1, 0.15) is 5.75 Å². The summed E-state index contributed by atoms with van der Waals surface area (Å²) in [6, 6.07) is 10.7. The topological polar surface area (TPSA) is 45.0 Å². The van der Waals surface area contributed by atoms with Crippen molar-refractivity contribution < 1.29 is 5.11 Å². The summed E-state index contributed by atoms with van der Waals surface area (Å²) in [6.45, 7) is 8.00. The van der Waals surface area contributed by atoms with Gasteiger partial charge in [-0.05, 0) is 29.7 Å². The van der Waals surface area contributed by atoms with E-state index in [2.05, 4.69) is 10.1 Å². The van der Waals surface area contributed by atoms with Gasteiger partial charge in [0.15, 0.2) is 0 Å². The van der Waals surface area contributed by atoms with Crippen molar-refractivity contribution in [1.29, 1.82) is 0 Å². The summed E-state index contributed by atoms with van der Waals surface area (Å²) in [4.78, 5) is 0. The number of phenolic OH excluding ortho intramolecular Hbond substituents is 1. The van der Waals surface area contributed by atoms with E-state index in [1.807, 2.05) is 39.8 Å². The molecule has 0 aliphatic carbocycles. The van der Waals surface area contributed by atoms with Crippen LogP contribution in [0.3, 0.4) is 0 Å². The Balaban J connectivity index is 0.000000659. The molecule has 0 aromatic heterocycles. The number of fused-ring (bicyclic) bond motifs is 1. The number of hydrogen-bond acceptors (Lipinski definition) is 3. The molecule has 0 aliphatic heterocycles. The first-order chi connectivity index (χ1) is 8.81. The van der Waals surface area contributed by atoms with Gasteiger partial charge in [-0.25, -0.2) is 0 Å².